The van der Waals surface area contributed by atoms with E-state index in [-0.39, 0.29) is 44.0 Å². The van der Waals surface area contributed by atoms with Gasteiger partial charge in [0.05, 0.1) is 24.6 Å². The zero-order chi connectivity index (χ0) is 44.9. The Bertz CT molecular complexity index is 2180. The first-order valence-corrected chi connectivity index (χ1v) is 21.2. The van der Waals surface area contributed by atoms with Crippen molar-refractivity contribution in [2.45, 2.75) is 133 Å². The molecule has 17 heteroatoms. The Kier molecular flexibility index (Phi) is 10.7. The van der Waals surface area contributed by atoms with Crippen molar-refractivity contribution in [3.8, 4) is 11.6 Å². The summed E-state index contributed by atoms with van der Waals surface area (Å²) in [5.41, 5.74) is -4.07. The number of aromatic nitrogens is 1. The number of halogens is 2. The number of benzene rings is 1. The molecule has 0 bridgehead atoms. The summed E-state index contributed by atoms with van der Waals surface area (Å²) in [7, 11) is -3.24. The molecule has 4 aliphatic rings. The number of pyridine rings is 1. The number of fused-ring (bicyclic) bond motifs is 3. The van der Waals surface area contributed by atoms with Crippen LogP contribution in [0, 0.1) is 17.8 Å². The number of alkyl halides is 2. The Hall–Kier alpha value is -4.54. The molecule has 7 atom stereocenters. The van der Waals surface area contributed by atoms with Crippen LogP contribution in [0.1, 0.15) is 96.9 Å². The molecule has 2 saturated carbocycles. The van der Waals surface area contributed by atoms with Crippen LogP contribution >= 0.6 is 0 Å². The molecular formula is C41H55F2N5O9S. The molecule has 0 radical (unpaired) electrons. The van der Waals surface area contributed by atoms with Crippen LogP contribution in [0.3, 0.4) is 0 Å². The van der Waals surface area contributed by atoms with Gasteiger partial charge in [0.15, 0.2) is 5.60 Å². The monoisotopic (exact) mass is 834 g/mol. The van der Waals surface area contributed by atoms with E-state index in [1.807, 2.05) is 30.7 Å². The van der Waals surface area contributed by atoms with Crippen LogP contribution < -0.4 is 24.8 Å². The molecule has 58 heavy (non-hydrogen) atoms. The summed E-state index contributed by atoms with van der Waals surface area (Å²) in [5, 5.41) is 6.57. The topological polar surface area (TPSA) is 182 Å². The number of nitrogens with zero attached hydrogens (tertiary/aromatic N) is 2. The summed E-state index contributed by atoms with van der Waals surface area (Å²) < 4.78 is 96.5. The molecule has 4 amide bonds. The third-order valence-corrected chi connectivity index (χ3v) is 14.0. The maximum Gasteiger partial charge on any atom is 0.408 e. The fraction of sp³-hybridized carbons (Fsp3) is 0.634. The molecule has 14 nitrogen and oxygen atoms in total. The number of amides is 4. The number of carbonyl (C=O) groups excluding carboxylic acids is 4. The van der Waals surface area contributed by atoms with Crippen molar-refractivity contribution in [3.63, 3.8) is 0 Å². The lowest BCUT2D eigenvalue weighted by atomic mass is 9.85. The van der Waals surface area contributed by atoms with Gasteiger partial charge in [-0.3, -0.25) is 19.1 Å². The summed E-state index contributed by atoms with van der Waals surface area (Å²) in [6, 6.07) is 4.44. The van der Waals surface area contributed by atoms with Crippen LogP contribution in [-0.4, -0.2) is 95.8 Å². The van der Waals surface area contributed by atoms with Gasteiger partial charge in [-0.25, -0.2) is 27.0 Å². The zero-order valence-corrected chi connectivity index (χ0v) is 34.4. The van der Waals surface area contributed by atoms with E-state index in [1.165, 1.54) is 18.2 Å². The van der Waals surface area contributed by atoms with Crippen molar-refractivity contribution < 1.29 is 54.7 Å². The first-order valence-electron chi connectivity index (χ1n) is 21.2. The van der Waals surface area contributed by atoms with Gasteiger partial charge >= 0.3 is 6.09 Å². The minimum absolute atomic E-state index is 0.0129. The minimum Gasteiger partial charge on any atom is -0.494 e. The number of ether oxygens (including phenoxy) is 3. The van der Waals surface area contributed by atoms with E-state index in [0.717, 1.165) is 13.8 Å². The molecular weight excluding hydrogens is 777 g/mol. The summed E-state index contributed by atoms with van der Waals surface area (Å²) in [6.07, 6.45) is 4.27. The smallest absolute Gasteiger partial charge is 0.408 e. The highest BCUT2D eigenvalue weighted by atomic mass is 32.2. The predicted octanol–water partition coefficient (Wildman–Crippen LogP) is 5.40. The van der Waals surface area contributed by atoms with Crippen LogP contribution in [0.15, 0.2) is 42.6 Å². The Morgan fingerprint density at radius 1 is 1.14 bits per heavy atom. The fourth-order valence-corrected chi connectivity index (χ4v) is 9.02. The summed E-state index contributed by atoms with van der Waals surface area (Å²) in [4.78, 5) is 62.8. The number of nitrogens with one attached hydrogen (secondary N) is 3. The number of alkyl carbamates (subject to hydrolysis) is 1. The molecule has 3 N–H and O–H groups in total. The number of hydrogen-bond donors (Lipinski definition) is 3. The van der Waals surface area contributed by atoms with E-state index >= 15 is 0 Å². The summed E-state index contributed by atoms with van der Waals surface area (Å²) in [6.45, 7) is 3.37. The molecule has 318 valence electrons. The molecule has 0 unspecified atom stereocenters. The first kappa shape index (κ1) is 38.9. The molecule has 3 heterocycles. The number of hydrogen-bond acceptors (Lipinski definition) is 10. The highest BCUT2D eigenvalue weighted by molar-refractivity contribution is 7.91. The lowest BCUT2D eigenvalue weighted by molar-refractivity contribution is -0.152. The largest absolute Gasteiger partial charge is 0.494 e. The van der Waals surface area contributed by atoms with Gasteiger partial charge in [0, 0.05) is 34.1 Å². The third kappa shape index (κ3) is 8.60. The van der Waals surface area contributed by atoms with Gasteiger partial charge in [-0.15, -0.1) is 0 Å². The first-order chi connectivity index (χ1) is 28.4. The molecule has 2 aliphatic carbocycles. The highest BCUT2D eigenvalue weighted by Crippen LogP contribution is 2.48. The molecule has 0 spiro atoms. The molecule has 2 aliphatic heterocycles. The minimum atomic E-state index is -4.74. The van der Waals surface area contributed by atoms with Crippen molar-refractivity contribution in [2.24, 2.45) is 17.8 Å². The second-order valence-corrected chi connectivity index (χ2v) is 18.8. The lowest BCUT2D eigenvalue weighted by Gasteiger charge is -2.35. The zero-order valence-electron chi connectivity index (χ0n) is 36.6. The SMILES string of the molecule is [2H]C([2H])([2H])C1(S(=O)(=O)NC(=O)[C@@]23C[C@H]2/C=C\CC[C@@H](C)C[C@@H](CC)[C@H](NC(=O)OC(C)(C)C(C)(F)F)C(=O)N2C[C@H](Oc4ncc(OC)c5ccccc45)C[C@H]2C(=O)N3)CC1. The summed E-state index contributed by atoms with van der Waals surface area (Å²) >= 11 is 0. The van der Waals surface area contributed by atoms with E-state index in [1.54, 1.807) is 24.3 Å². The van der Waals surface area contributed by atoms with Crippen molar-refractivity contribution in [1.29, 1.82) is 0 Å². The third-order valence-electron chi connectivity index (χ3n) is 12.1. The van der Waals surface area contributed by atoms with E-state index in [2.05, 4.69) is 15.6 Å². The normalized spacial score (nSPS) is 30.4. The Morgan fingerprint density at radius 3 is 2.48 bits per heavy atom. The lowest BCUT2D eigenvalue weighted by Crippen LogP contribution is -2.60. The van der Waals surface area contributed by atoms with Crippen LogP contribution in [0.5, 0.6) is 11.6 Å². The van der Waals surface area contributed by atoms with Gasteiger partial charge in [0.25, 0.3) is 11.8 Å². The standard InChI is InChI=1S/C41H55F2N5O9S/c1-8-25-19-24(2)13-9-10-14-26-21-41(26,36(51)47-58(53,54)39(5)17-18-39)46-33(49)30-20-27(56-34-29-16-12-11-15-28(29)31(55-7)22-44-34)23-48(30)35(50)32(25)45-37(52)57-38(3,4)40(6,42)43/h10-12,14-16,22,24-27,30,32H,8-9,13,17-21,23H2,1-7H3,(H,45,52)(H,46,49)(H,47,51)/b14-10-/t24-,25-,26-,27-,30+,32+,41-/m1/s1/i5D3. The number of sulfonamides is 1. The Balaban J connectivity index is 1.38. The maximum atomic E-state index is 15.0. The number of allylic oxidation sites excluding steroid dienone is 1. The van der Waals surface area contributed by atoms with E-state index in [4.69, 9.17) is 18.3 Å². The molecule has 1 saturated heterocycles. The molecule has 2 aromatic rings. The maximum absolute atomic E-state index is 15.0. The van der Waals surface area contributed by atoms with Crippen LogP contribution in [0.4, 0.5) is 13.6 Å². The molecule has 6 rings (SSSR count). The van der Waals surface area contributed by atoms with Gasteiger partial charge in [-0.1, -0.05) is 50.6 Å². The molecule has 1 aromatic heterocycles. The van der Waals surface area contributed by atoms with E-state index in [9.17, 15) is 36.4 Å². The van der Waals surface area contributed by atoms with Gasteiger partial charge in [0.2, 0.25) is 27.7 Å². The Labute approximate surface area is 342 Å². The van der Waals surface area contributed by atoms with E-state index in [0.29, 0.717) is 49.1 Å². The molecule has 1 aromatic carbocycles. The second-order valence-electron chi connectivity index (χ2n) is 16.8. The summed E-state index contributed by atoms with van der Waals surface area (Å²) in [5.74, 6) is -6.72. The number of methoxy groups -OCH3 is 1. The highest BCUT2D eigenvalue weighted by Gasteiger charge is 2.63. The van der Waals surface area contributed by atoms with Crippen molar-refractivity contribution in [1.82, 2.24) is 25.2 Å². The van der Waals surface area contributed by atoms with Crippen molar-refractivity contribution in [3.05, 3.63) is 42.6 Å². The number of carbonyl (C=O) groups is 4. The number of rotatable bonds is 10. The fourth-order valence-electron chi connectivity index (χ4n) is 7.76. The average Bonchev–Trinajstić information content (AvgIpc) is 4.09. The van der Waals surface area contributed by atoms with Crippen molar-refractivity contribution in [2.75, 3.05) is 13.7 Å². The van der Waals surface area contributed by atoms with Crippen molar-refractivity contribution >= 4 is 44.6 Å². The average molecular weight is 835 g/mol. The van der Waals surface area contributed by atoms with Crippen LogP contribution in [-0.2, 0) is 29.1 Å². The van der Waals surface area contributed by atoms with Gasteiger partial charge < -0.3 is 29.7 Å². The Morgan fingerprint density at radius 2 is 1.84 bits per heavy atom. The van der Waals surface area contributed by atoms with Gasteiger partial charge in [-0.05, 0) is 77.1 Å². The molecule has 3 fully saturated rings. The predicted molar refractivity (Wildman–Crippen MR) is 211 cm³/mol. The van der Waals surface area contributed by atoms with Crippen LogP contribution in [0.25, 0.3) is 10.8 Å². The van der Waals surface area contributed by atoms with E-state index < -0.39 is 92.5 Å². The quantitative estimate of drug-likeness (QED) is 0.263. The van der Waals surface area contributed by atoms with Crippen LogP contribution in [0.2, 0.25) is 0 Å². The van der Waals surface area contributed by atoms with Gasteiger partial charge in [-0.2, -0.15) is 0 Å². The second kappa shape index (κ2) is 15.9. The van der Waals surface area contributed by atoms with Gasteiger partial charge in [0.1, 0.15) is 29.5 Å².